The Balaban J connectivity index is 1.23. The van der Waals surface area contributed by atoms with Crippen LogP contribution in [0.4, 0.5) is 0 Å². The van der Waals surface area contributed by atoms with Gasteiger partial charge in [0.2, 0.25) is 0 Å². The van der Waals surface area contributed by atoms with E-state index in [9.17, 15) is 0 Å². The smallest absolute Gasteiger partial charge is 0.160 e. The number of para-hydroxylation sites is 3. The van der Waals surface area contributed by atoms with Gasteiger partial charge in [-0.3, -0.25) is 0 Å². The molecular formula is C52H29N3OS. The lowest BCUT2D eigenvalue weighted by Crippen LogP contribution is -1.99. The minimum Gasteiger partial charge on any atom is -0.455 e. The Hall–Kier alpha value is -7.34. The quantitative estimate of drug-likeness (QED) is 0.169. The summed E-state index contributed by atoms with van der Waals surface area (Å²) in [5.74, 6) is 0.681. The molecule has 4 heterocycles. The Bertz CT molecular complexity index is 3820. The molecule has 0 atom stereocenters. The van der Waals surface area contributed by atoms with Gasteiger partial charge in [0.05, 0.1) is 22.2 Å². The van der Waals surface area contributed by atoms with Crippen molar-refractivity contribution in [3.8, 4) is 28.3 Å². The van der Waals surface area contributed by atoms with Gasteiger partial charge in [0.15, 0.2) is 5.82 Å². The Kier molecular flexibility index (Phi) is 6.29. The molecular weight excluding hydrogens is 715 g/mol. The van der Waals surface area contributed by atoms with Crippen LogP contribution in [0.1, 0.15) is 0 Å². The molecule has 0 fully saturated rings. The lowest BCUT2D eigenvalue weighted by molar-refractivity contribution is 0.670. The number of hydrogen-bond donors (Lipinski definition) is 0. The molecule has 0 aliphatic rings. The number of rotatable bonds is 3. The zero-order chi connectivity index (χ0) is 37.2. The summed E-state index contributed by atoms with van der Waals surface area (Å²) in [7, 11) is 0. The highest BCUT2D eigenvalue weighted by atomic mass is 32.1. The van der Waals surface area contributed by atoms with Crippen LogP contribution in [-0.2, 0) is 0 Å². The molecule has 0 radical (unpaired) electrons. The molecule has 13 aromatic rings. The van der Waals surface area contributed by atoms with E-state index in [4.69, 9.17) is 14.4 Å². The van der Waals surface area contributed by atoms with Crippen molar-refractivity contribution in [1.29, 1.82) is 0 Å². The maximum atomic E-state index is 6.82. The van der Waals surface area contributed by atoms with Gasteiger partial charge in [0.25, 0.3) is 0 Å². The first-order chi connectivity index (χ1) is 28.3. The fourth-order valence-corrected chi connectivity index (χ4v) is 10.6. The zero-order valence-corrected chi connectivity index (χ0v) is 31.2. The monoisotopic (exact) mass is 743 g/mol. The number of fused-ring (bicyclic) bond motifs is 16. The Labute approximate surface area is 329 Å². The molecule has 0 amide bonds. The highest BCUT2D eigenvalue weighted by molar-refractivity contribution is 7.27. The van der Waals surface area contributed by atoms with Crippen LogP contribution in [0.25, 0.3) is 125 Å². The highest BCUT2D eigenvalue weighted by Crippen LogP contribution is 2.48. The maximum absolute atomic E-state index is 6.82. The molecule has 4 nitrogen and oxygen atoms in total. The van der Waals surface area contributed by atoms with Gasteiger partial charge in [-0.25, -0.2) is 9.97 Å². The van der Waals surface area contributed by atoms with Crippen molar-refractivity contribution in [3.05, 3.63) is 176 Å². The molecule has 0 unspecified atom stereocenters. The molecule has 9 aromatic carbocycles. The molecule has 5 heteroatoms. The number of hydrogen-bond acceptors (Lipinski definition) is 4. The molecule has 0 N–H and O–H groups in total. The summed E-state index contributed by atoms with van der Waals surface area (Å²) in [5, 5.41) is 13.2. The summed E-state index contributed by atoms with van der Waals surface area (Å²) < 4.78 is 11.9. The summed E-state index contributed by atoms with van der Waals surface area (Å²) in [4.78, 5) is 10.4. The van der Waals surface area contributed by atoms with Gasteiger partial charge in [-0.1, -0.05) is 140 Å². The van der Waals surface area contributed by atoms with Crippen LogP contribution in [0.5, 0.6) is 0 Å². The van der Waals surface area contributed by atoms with Crippen molar-refractivity contribution >= 4 is 108 Å². The van der Waals surface area contributed by atoms with Gasteiger partial charge in [-0.2, -0.15) is 0 Å². The molecule has 0 spiro atoms. The molecule has 0 saturated carbocycles. The van der Waals surface area contributed by atoms with E-state index >= 15 is 0 Å². The van der Waals surface area contributed by atoms with Gasteiger partial charge < -0.3 is 8.98 Å². The second kappa shape index (κ2) is 11.6. The molecule has 57 heavy (non-hydrogen) atoms. The van der Waals surface area contributed by atoms with E-state index < -0.39 is 0 Å². The summed E-state index contributed by atoms with van der Waals surface area (Å²) in [6.45, 7) is 0. The van der Waals surface area contributed by atoms with Gasteiger partial charge in [0.1, 0.15) is 11.2 Å². The van der Waals surface area contributed by atoms with Gasteiger partial charge in [0, 0.05) is 74.7 Å². The third-order valence-electron chi connectivity index (χ3n) is 11.8. The number of thiophene rings is 1. The van der Waals surface area contributed by atoms with Crippen molar-refractivity contribution in [1.82, 2.24) is 14.5 Å². The predicted octanol–water partition coefficient (Wildman–Crippen LogP) is 14.6. The zero-order valence-electron chi connectivity index (χ0n) is 30.4. The van der Waals surface area contributed by atoms with Crippen molar-refractivity contribution in [2.24, 2.45) is 0 Å². The van der Waals surface area contributed by atoms with Crippen molar-refractivity contribution in [3.63, 3.8) is 0 Å². The SMILES string of the molecule is c1ccc(-c2nc(-c3cc(-n4c5ccccc5c5ccc6c7c8ccccc8sc7c7ccccc7c6c54)cc4c3oc3ccccc34)c3ccccc3n2)cc1. The second-order valence-corrected chi connectivity index (χ2v) is 15.9. The van der Waals surface area contributed by atoms with Gasteiger partial charge in [-0.05, 0) is 47.2 Å². The van der Waals surface area contributed by atoms with Crippen molar-refractivity contribution in [2.75, 3.05) is 0 Å². The number of benzene rings is 9. The highest BCUT2D eigenvalue weighted by Gasteiger charge is 2.24. The number of nitrogens with zero attached hydrogens (tertiary/aromatic N) is 3. The van der Waals surface area contributed by atoms with E-state index in [0.29, 0.717) is 5.82 Å². The van der Waals surface area contributed by atoms with E-state index in [0.717, 1.165) is 60.9 Å². The topological polar surface area (TPSA) is 43.9 Å². The Morgan fingerprint density at radius 2 is 1.16 bits per heavy atom. The van der Waals surface area contributed by atoms with Crippen LogP contribution in [0.3, 0.4) is 0 Å². The second-order valence-electron chi connectivity index (χ2n) is 14.8. The Morgan fingerprint density at radius 3 is 2.04 bits per heavy atom. The van der Waals surface area contributed by atoms with Crippen LogP contribution in [0, 0.1) is 0 Å². The van der Waals surface area contributed by atoms with E-state index in [1.54, 1.807) is 0 Å². The minimum atomic E-state index is 0.681. The molecule has 0 aliphatic heterocycles. The first kappa shape index (κ1) is 30.9. The largest absolute Gasteiger partial charge is 0.455 e. The third kappa shape index (κ3) is 4.32. The maximum Gasteiger partial charge on any atom is 0.160 e. The molecule has 264 valence electrons. The fourth-order valence-electron chi connectivity index (χ4n) is 9.32. The summed E-state index contributed by atoms with van der Waals surface area (Å²) in [5.41, 5.74) is 8.67. The number of aromatic nitrogens is 3. The minimum absolute atomic E-state index is 0.681. The first-order valence-electron chi connectivity index (χ1n) is 19.2. The van der Waals surface area contributed by atoms with Crippen molar-refractivity contribution in [2.45, 2.75) is 0 Å². The predicted molar refractivity (Wildman–Crippen MR) is 240 cm³/mol. The molecule has 13 rings (SSSR count). The first-order valence-corrected chi connectivity index (χ1v) is 20.1. The van der Waals surface area contributed by atoms with E-state index in [2.05, 4.69) is 150 Å². The average Bonchev–Trinajstić information content (AvgIpc) is 3.96. The lowest BCUT2D eigenvalue weighted by Gasteiger charge is -2.15. The van der Waals surface area contributed by atoms with Crippen LogP contribution < -0.4 is 0 Å². The lowest BCUT2D eigenvalue weighted by atomic mass is 9.95. The molecule has 0 aliphatic carbocycles. The summed E-state index contributed by atoms with van der Waals surface area (Å²) in [6, 6.07) is 62.8. The van der Waals surface area contributed by atoms with Crippen LogP contribution in [0.15, 0.2) is 180 Å². The van der Waals surface area contributed by atoms with Gasteiger partial charge in [-0.15, -0.1) is 11.3 Å². The van der Waals surface area contributed by atoms with Crippen molar-refractivity contribution < 1.29 is 4.42 Å². The van der Waals surface area contributed by atoms with Gasteiger partial charge >= 0.3 is 0 Å². The summed E-state index contributed by atoms with van der Waals surface area (Å²) in [6.07, 6.45) is 0. The van der Waals surface area contributed by atoms with E-state index in [1.165, 1.54) is 58.0 Å². The van der Waals surface area contributed by atoms with E-state index in [-0.39, 0.29) is 0 Å². The molecule has 4 aromatic heterocycles. The van der Waals surface area contributed by atoms with Crippen LogP contribution >= 0.6 is 11.3 Å². The molecule has 0 bridgehead atoms. The Morgan fingerprint density at radius 1 is 0.474 bits per heavy atom. The number of furan rings is 1. The third-order valence-corrected chi connectivity index (χ3v) is 13.0. The standard InChI is InChI=1S/C52H29N3OS/c1-2-14-30(15-3-1)52-53-42-22-10-6-20-37(42)48(54-52)41-29-31(28-40-33-17-8-12-24-44(33)56-50(40)41)55-43-23-11-7-16-32(43)35-26-27-39-46(49(35)55)34-18-4-5-19-36(34)51-47(39)38-21-9-13-25-45(38)57-51/h1-29H. The van der Waals surface area contributed by atoms with Crippen LogP contribution in [0.2, 0.25) is 0 Å². The normalized spacial score (nSPS) is 12.2. The van der Waals surface area contributed by atoms with E-state index in [1.807, 2.05) is 41.7 Å². The average molecular weight is 744 g/mol. The molecule has 0 saturated heterocycles. The van der Waals surface area contributed by atoms with Crippen LogP contribution in [-0.4, -0.2) is 14.5 Å². The summed E-state index contributed by atoms with van der Waals surface area (Å²) >= 11 is 1.89. The fraction of sp³-hybridized carbons (Fsp3) is 0.